The minimum Gasteiger partial charge on any atom is -0.390 e. The van der Waals surface area contributed by atoms with E-state index in [1.807, 2.05) is 43.5 Å². The summed E-state index contributed by atoms with van der Waals surface area (Å²) in [7, 11) is 0. The first-order chi connectivity index (χ1) is 12.6. The Kier molecular flexibility index (Phi) is 4.74. The molecule has 0 aliphatic carbocycles. The van der Waals surface area contributed by atoms with Crippen molar-refractivity contribution in [3.63, 3.8) is 0 Å². The molecule has 136 valence electrons. The van der Waals surface area contributed by atoms with Crippen LogP contribution in [-0.2, 0) is 10.4 Å². The fraction of sp³-hybridized carbons (Fsp3) is 0.429. The highest BCUT2D eigenvalue weighted by Crippen LogP contribution is 2.32. The zero-order valence-electron chi connectivity index (χ0n) is 15.1. The van der Waals surface area contributed by atoms with Gasteiger partial charge in [-0.05, 0) is 37.0 Å². The van der Waals surface area contributed by atoms with Crippen molar-refractivity contribution in [1.29, 1.82) is 0 Å². The number of oxime groups is 1. The van der Waals surface area contributed by atoms with Crippen LogP contribution in [0.1, 0.15) is 36.1 Å². The lowest BCUT2D eigenvalue weighted by molar-refractivity contribution is -0.0413. The van der Waals surface area contributed by atoms with Crippen LogP contribution in [0.5, 0.6) is 0 Å². The van der Waals surface area contributed by atoms with Crippen molar-refractivity contribution in [3.8, 4) is 0 Å². The first-order valence-electron chi connectivity index (χ1n) is 9.28. The van der Waals surface area contributed by atoms with E-state index in [4.69, 9.17) is 4.84 Å². The summed E-state index contributed by atoms with van der Waals surface area (Å²) in [6.07, 6.45) is 4.15. The molecule has 2 aliphatic heterocycles. The smallest absolute Gasteiger partial charge is 0.145 e. The molecule has 3 heterocycles. The van der Waals surface area contributed by atoms with Gasteiger partial charge in [0.15, 0.2) is 0 Å². The van der Waals surface area contributed by atoms with Crippen molar-refractivity contribution < 1.29 is 9.94 Å². The van der Waals surface area contributed by atoms with E-state index in [2.05, 4.69) is 27.2 Å². The second-order valence-corrected chi connectivity index (χ2v) is 7.39. The number of aromatic nitrogens is 1. The van der Waals surface area contributed by atoms with Gasteiger partial charge in [0.25, 0.3) is 0 Å². The van der Waals surface area contributed by atoms with Crippen LogP contribution in [0.15, 0.2) is 53.8 Å². The van der Waals surface area contributed by atoms with E-state index < -0.39 is 5.60 Å². The number of aliphatic hydroxyl groups is 1. The Morgan fingerprint density at radius 3 is 2.62 bits per heavy atom. The number of nitrogens with zero attached hydrogens (tertiary/aromatic N) is 3. The predicted molar refractivity (Wildman–Crippen MR) is 101 cm³/mol. The van der Waals surface area contributed by atoms with Gasteiger partial charge in [-0.1, -0.05) is 41.6 Å². The molecular weight excluding hydrogens is 326 g/mol. The lowest BCUT2D eigenvalue weighted by atomic mass is 9.87. The molecule has 5 nitrogen and oxygen atoms in total. The lowest BCUT2D eigenvalue weighted by Gasteiger charge is -2.38. The molecule has 1 aromatic carbocycles. The molecule has 1 fully saturated rings. The van der Waals surface area contributed by atoms with Crippen LogP contribution >= 0.6 is 0 Å². The highest BCUT2D eigenvalue weighted by atomic mass is 16.6. The summed E-state index contributed by atoms with van der Waals surface area (Å²) in [6, 6.07) is 14.2. The first-order valence-corrected chi connectivity index (χ1v) is 9.28. The topological polar surface area (TPSA) is 58.0 Å². The Balaban J connectivity index is 1.30. The number of pyridine rings is 1. The third-order valence-electron chi connectivity index (χ3n) is 5.37. The van der Waals surface area contributed by atoms with Crippen LogP contribution in [0.4, 0.5) is 0 Å². The van der Waals surface area contributed by atoms with E-state index in [1.54, 1.807) is 0 Å². The zero-order chi connectivity index (χ0) is 18.0. The SMILES string of the molecule is Cc1ccc(C2(O)CCN(C[C@@H]3CC(c4ccccc4)=NO3)CC2)nc1. The van der Waals surface area contributed by atoms with Crippen LogP contribution in [0, 0.1) is 6.92 Å². The molecule has 0 amide bonds. The highest BCUT2D eigenvalue weighted by molar-refractivity contribution is 6.01. The Morgan fingerprint density at radius 1 is 1.15 bits per heavy atom. The third-order valence-corrected chi connectivity index (χ3v) is 5.37. The molecule has 26 heavy (non-hydrogen) atoms. The van der Waals surface area contributed by atoms with Crippen molar-refractivity contribution in [2.24, 2.45) is 5.16 Å². The van der Waals surface area contributed by atoms with E-state index in [-0.39, 0.29) is 6.10 Å². The van der Waals surface area contributed by atoms with Gasteiger partial charge in [0.2, 0.25) is 0 Å². The average molecular weight is 351 g/mol. The standard InChI is InChI=1S/C21H25N3O2/c1-16-7-8-20(22-14-16)21(25)9-11-24(12-10-21)15-18-13-19(23-26-18)17-5-3-2-4-6-17/h2-8,14,18,25H,9-13,15H2,1H3/t18-/m0/s1. The normalized spacial score (nSPS) is 22.7. The molecule has 1 aromatic heterocycles. The van der Waals surface area contributed by atoms with E-state index >= 15 is 0 Å². The van der Waals surface area contributed by atoms with E-state index in [1.165, 1.54) is 0 Å². The predicted octanol–water partition coefficient (Wildman–Crippen LogP) is 2.87. The second-order valence-electron chi connectivity index (χ2n) is 7.39. The van der Waals surface area contributed by atoms with E-state index in [0.29, 0.717) is 12.8 Å². The van der Waals surface area contributed by atoms with Gasteiger partial charge in [-0.3, -0.25) is 9.88 Å². The van der Waals surface area contributed by atoms with Gasteiger partial charge in [0, 0.05) is 32.3 Å². The molecule has 0 radical (unpaired) electrons. The van der Waals surface area contributed by atoms with Crippen molar-refractivity contribution in [2.75, 3.05) is 19.6 Å². The van der Waals surface area contributed by atoms with Crippen LogP contribution in [0.2, 0.25) is 0 Å². The van der Waals surface area contributed by atoms with Crippen LogP contribution < -0.4 is 0 Å². The average Bonchev–Trinajstić information content (AvgIpc) is 3.14. The molecule has 5 heteroatoms. The summed E-state index contributed by atoms with van der Waals surface area (Å²) in [5, 5.41) is 15.2. The third kappa shape index (κ3) is 3.64. The number of hydrogen-bond acceptors (Lipinski definition) is 5. The first kappa shape index (κ1) is 17.2. The largest absolute Gasteiger partial charge is 0.390 e. The molecular formula is C21H25N3O2. The maximum absolute atomic E-state index is 11.0. The summed E-state index contributed by atoms with van der Waals surface area (Å²) in [4.78, 5) is 12.4. The summed E-state index contributed by atoms with van der Waals surface area (Å²) in [6.45, 7) is 4.53. The lowest BCUT2D eigenvalue weighted by Crippen LogP contribution is -2.45. The summed E-state index contributed by atoms with van der Waals surface area (Å²) in [5.74, 6) is 0. The second kappa shape index (κ2) is 7.17. The number of piperidine rings is 1. The Bertz CT molecular complexity index is 766. The fourth-order valence-corrected chi connectivity index (χ4v) is 3.72. The fourth-order valence-electron chi connectivity index (χ4n) is 3.72. The number of aryl methyl sites for hydroxylation is 1. The van der Waals surface area contributed by atoms with Gasteiger partial charge < -0.3 is 9.94 Å². The monoisotopic (exact) mass is 351 g/mol. The molecule has 0 bridgehead atoms. The van der Waals surface area contributed by atoms with Crippen molar-refractivity contribution >= 4 is 5.71 Å². The molecule has 1 N–H and O–H groups in total. The van der Waals surface area contributed by atoms with Gasteiger partial charge in [-0.25, -0.2) is 0 Å². The molecule has 2 aromatic rings. The molecule has 0 saturated carbocycles. The van der Waals surface area contributed by atoms with Crippen LogP contribution in [0.3, 0.4) is 0 Å². The summed E-state index contributed by atoms with van der Waals surface area (Å²) in [5.41, 5.74) is 3.24. The number of likely N-dealkylation sites (tertiary alicyclic amines) is 1. The Labute approximate surface area is 154 Å². The molecule has 4 rings (SSSR count). The van der Waals surface area contributed by atoms with Crippen molar-refractivity contribution in [1.82, 2.24) is 9.88 Å². The zero-order valence-corrected chi connectivity index (χ0v) is 15.1. The quantitative estimate of drug-likeness (QED) is 0.920. The highest BCUT2D eigenvalue weighted by Gasteiger charge is 2.36. The Morgan fingerprint density at radius 2 is 1.92 bits per heavy atom. The van der Waals surface area contributed by atoms with Crippen LogP contribution in [-0.4, -0.2) is 46.4 Å². The number of rotatable bonds is 4. The summed E-state index contributed by atoms with van der Waals surface area (Å²) < 4.78 is 0. The molecule has 1 atom stereocenters. The van der Waals surface area contributed by atoms with E-state index in [9.17, 15) is 5.11 Å². The maximum Gasteiger partial charge on any atom is 0.145 e. The van der Waals surface area contributed by atoms with Gasteiger partial charge in [-0.15, -0.1) is 0 Å². The van der Waals surface area contributed by atoms with Gasteiger partial charge in [-0.2, -0.15) is 0 Å². The molecule has 1 saturated heterocycles. The summed E-state index contributed by atoms with van der Waals surface area (Å²) >= 11 is 0. The maximum atomic E-state index is 11.0. The number of hydrogen-bond donors (Lipinski definition) is 1. The Hall–Kier alpha value is -2.24. The molecule has 0 unspecified atom stereocenters. The minimum absolute atomic E-state index is 0.0916. The van der Waals surface area contributed by atoms with Crippen molar-refractivity contribution in [2.45, 2.75) is 37.9 Å². The van der Waals surface area contributed by atoms with Gasteiger partial charge >= 0.3 is 0 Å². The molecule has 2 aliphatic rings. The van der Waals surface area contributed by atoms with Crippen molar-refractivity contribution in [3.05, 3.63) is 65.5 Å². The van der Waals surface area contributed by atoms with E-state index in [0.717, 1.165) is 48.6 Å². The van der Waals surface area contributed by atoms with Gasteiger partial charge in [0.05, 0.1) is 11.4 Å². The molecule has 0 spiro atoms. The van der Waals surface area contributed by atoms with Gasteiger partial charge in [0.1, 0.15) is 11.7 Å². The number of benzene rings is 1. The minimum atomic E-state index is -0.813. The van der Waals surface area contributed by atoms with Crippen LogP contribution in [0.25, 0.3) is 0 Å².